The SMILES string of the molecule is CCCCCCCCCCCCCCO[C@H](COCCCCCCCCCCCCCCCCCCCCCCCCCCCCOC[C@H](COP(=O)([O-])OCC[N+](C)(C)C)OCCCCCCCCCCCCCC)COP(=O)([O-])OCC[N+](C)(C)C. The van der Waals surface area contributed by atoms with Crippen LogP contribution in [0.3, 0.4) is 0 Å². The number of unbranched alkanes of at least 4 members (excludes halogenated alkanes) is 47. The van der Waals surface area contributed by atoms with Gasteiger partial charge in [-0.3, -0.25) is 9.13 Å². The van der Waals surface area contributed by atoms with Gasteiger partial charge in [0, 0.05) is 26.4 Å². The number of phosphoric ester groups is 2. The van der Waals surface area contributed by atoms with Crippen molar-refractivity contribution >= 4 is 15.6 Å². The Labute approximate surface area is 546 Å². The van der Waals surface area contributed by atoms with E-state index in [1.165, 1.54) is 270 Å². The van der Waals surface area contributed by atoms with Crippen LogP contribution in [0.2, 0.25) is 0 Å². The first-order valence-electron chi connectivity index (χ1n) is 37.7. The van der Waals surface area contributed by atoms with Crippen LogP contribution in [0.25, 0.3) is 0 Å². The van der Waals surface area contributed by atoms with Crippen LogP contribution < -0.4 is 9.79 Å². The number of hydrogen-bond donors (Lipinski definition) is 0. The molecule has 2 unspecified atom stereocenters. The molecule has 0 aliphatic heterocycles. The molecule has 0 aromatic heterocycles. The second kappa shape index (κ2) is 64.3. The number of hydrogen-bond acceptors (Lipinski definition) is 12. The predicted molar refractivity (Wildman–Crippen MR) is 368 cm³/mol. The molecule has 530 valence electrons. The molecule has 88 heavy (non-hydrogen) atoms. The lowest BCUT2D eigenvalue weighted by Crippen LogP contribution is -2.37. The minimum absolute atomic E-state index is 0.0798. The summed E-state index contributed by atoms with van der Waals surface area (Å²) in [6.07, 6.45) is 64.2. The second-order valence-corrected chi connectivity index (χ2v) is 31.1. The van der Waals surface area contributed by atoms with Gasteiger partial charge in [-0.2, -0.15) is 0 Å². The van der Waals surface area contributed by atoms with Gasteiger partial charge >= 0.3 is 0 Å². The van der Waals surface area contributed by atoms with E-state index in [1.54, 1.807) is 0 Å². The van der Waals surface area contributed by atoms with Crippen LogP contribution >= 0.6 is 15.6 Å². The van der Waals surface area contributed by atoms with Gasteiger partial charge in [0.25, 0.3) is 15.6 Å². The van der Waals surface area contributed by atoms with E-state index in [0.717, 1.165) is 51.4 Å². The van der Waals surface area contributed by atoms with Crippen LogP contribution in [0, 0.1) is 0 Å². The van der Waals surface area contributed by atoms with E-state index < -0.39 is 27.9 Å². The molecule has 0 N–H and O–H groups in total. The Bertz CT molecular complexity index is 1400. The van der Waals surface area contributed by atoms with E-state index >= 15 is 0 Å². The minimum Gasteiger partial charge on any atom is -0.756 e. The molecule has 0 aliphatic carbocycles. The smallest absolute Gasteiger partial charge is 0.268 e. The third-order valence-corrected chi connectivity index (χ3v) is 18.9. The van der Waals surface area contributed by atoms with Crippen LogP contribution in [0.15, 0.2) is 0 Å². The van der Waals surface area contributed by atoms with Gasteiger partial charge in [0.1, 0.15) is 38.5 Å². The Morgan fingerprint density at radius 3 is 0.659 bits per heavy atom. The molecule has 0 amide bonds. The lowest BCUT2D eigenvalue weighted by molar-refractivity contribution is -0.870. The Morgan fingerprint density at radius 1 is 0.261 bits per heavy atom. The number of ether oxygens (including phenoxy) is 4. The van der Waals surface area contributed by atoms with Crippen LogP contribution in [0.4, 0.5) is 0 Å². The van der Waals surface area contributed by atoms with Crippen LogP contribution in [0.5, 0.6) is 0 Å². The van der Waals surface area contributed by atoms with Crippen LogP contribution in [0.1, 0.15) is 335 Å². The molecule has 14 nitrogen and oxygen atoms in total. The first kappa shape index (κ1) is 88.0. The van der Waals surface area contributed by atoms with Crippen molar-refractivity contribution in [2.75, 3.05) is 121 Å². The van der Waals surface area contributed by atoms with Crippen molar-refractivity contribution < 1.29 is 64.9 Å². The fourth-order valence-electron chi connectivity index (χ4n) is 11.0. The highest BCUT2D eigenvalue weighted by molar-refractivity contribution is 7.46. The molecule has 0 radical (unpaired) electrons. The Hall–Kier alpha value is -0.0200. The van der Waals surface area contributed by atoms with Gasteiger partial charge in [0.05, 0.1) is 68.7 Å². The topological polar surface area (TPSA) is 154 Å². The molecule has 0 heterocycles. The van der Waals surface area contributed by atoms with Crippen molar-refractivity contribution in [3.05, 3.63) is 0 Å². The fourth-order valence-corrected chi connectivity index (χ4v) is 12.5. The van der Waals surface area contributed by atoms with Crippen LogP contribution in [-0.4, -0.2) is 143 Å². The summed E-state index contributed by atoms with van der Waals surface area (Å²) in [5.74, 6) is 0. The second-order valence-electron chi connectivity index (χ2n) is 28.3. The fraction of sp³-hybridized carbons (Fsp3) is 1.00. The van der Waals surface area contributed by atoms with Crippen LogP contribution in [-0.2, 0) is 46.2 Å². The summed E-state index contributed by atoms with van der Waals surface area (Å²) in [6.45, 7) is 8.84. The Kier molecular flexibility index (Phi) is 64.3. The molecule has 0 spiro atoms. The number of phosphoric acid groups is 2. The molecule has 0 aliphatic rings. The van der Waals surface area contributed by atoms with E-state index in [1.807, 2.05) is 42.3 Å². The Morgan fingerprint density at radius 2 is 0.455 bits per heavy atom. The van der Waals surface area contributed by atoms with Gasteiger partial charge in [-0.25, -0.2) is 0 Å². The molecule has 0 aromatic carbocycles. The van der Waals surface area contributed by atoms with Crippen molar-refractivity contribution in [3.63, 3.8) is 0 Å². The zero-order valence-corrected chi connectivity index (χ0v) is 61.5. The first-order valence-corrected chi connectivity index (χ1v) is 40.6. The predicted octanol–water partition coefficient (Wildman–Crippen LogP) is 19.8. The van der Waals surface area contributed by atoms with E-state index in [9.17, 15) is 18.9 Å². The maximum absolute atomic E-state index is 12.5. The average Bonchev–Trinajstić information content (AvgIpc) is 3.55. The lowest BCUT2D eigenvalue weighted by atomic mass is 10.0. The minimum atomic E-state index is -4.41. The first-order chi connectivity index (χ1) is 42.5. The summed E-state index contributed by atoms with van der Waals surface area (Å²) in [5.41, 5.74) is 0. The maximum atomic E-state index is 12.5. The molecular formula is C72H150N2O12P2. The third-order valence-electron chi connectivity index (χ3n) is 17.0. The molecule has 0 bridgehead atoms. The summed E-state index contributed by atoms with van der Waals surface area (Å²) in [5, 5.41) is 0. The molecule has 16 heteroatoms. The van der Waals surface area contributed by atoms with Gasteiger partial charge in [-0.05, 0) is 25.7 Å². The lowest BCUT2D eigenvalue weighted by Gasteiger charge is -2.28. The van der Waals surface area contributed by atoms with Crippen molar-refractivity contribution in [1.82, 2.24) is 0 Å². The van der Waals surface area contributed by atoms with Crippen molar-refractivity contribution in [3.8, 4) is 0 Å². The summed E-state index contributed by atoms with van der Waals surface area (Å²) in [4.78, 5) is 24.9. The van der Waals surface area contributed by atoms with E-state index in [4.69, 9.17) is 37.0 Å². The maximum Gasteiger partial charge on any atom is 0.268 e. The van der Waals surface area contributed by atoms with Gasteiger partial charge in [-0.15, -0.1) is 0 Å². The zero-order valence-electron chi connectivity index (χ0n) is 59.7. The normalized spacial score (nSPS) is 14.4. The molecule has 0 saturated heterocycles. The molecule has 0 aromatic rings. The Balaban J connectivity index is 3.90. The summed E-state index contributed by atoms with van der Waals surface area (Å²) < 4.78 is 71.2. The van der Waals surface area contributed by atoms with Crippen molar-refractivity contribution in [1.29, 1.82) is 0 Å². The highest BCUT2D eigenvalue weighted by Crippen LogP contribution is 2.39. The molecular weight excluding hydrogens is 1150 g/mol. The van der Waals surface area contributed by atoms with E-state index in [0.29, 0.717) is 61.7 Å². The number of quaternary nitrogens is 2. The number of rotatable bonds is 75. The quantitative estimate of drug-likeness (QED) is 0.0323. The largest absolute Gasteiger partial charge is 0.756 e. The monoisotopic (exact) mass is 1300 g/mol. The number of nitrogens with zero attached hydrogens (tertiary/aromatic N) is 2. The van der Waals surface area contributed by atoms with Crippen molar-refractivity contribution in [2.24, 2.45) is 0 Å². The van der Waals surface area contributed by atoms with E-state index in [2.05, 4.69) is 13.8 Å². The summed E-state index contributed by atoms with van der Waals surface area (Å²) >= 11 is 0. The summed E-state index contributed by atoms with van der Waals surface area (Å²) in [7, 11) is 3.17. The van der Waals surface area contributed by atoms with Gasteiger partial charge in [0.15, 0.2) is 0 Å². The molecule has 4 atom stereocenters. The standard InChI is InChI=1S/C72H150N2O12P2/c1-9-11-13-15-17-19-21-41-45-49-53-57-63-81-71(69-85-87(75,76)83-65-59-73(3,4)5)67-79-61-55-51-47-43-39-37-35-33-31-29-27-25-23-24-26-28-30-32-34-36-38-40-44-48-52-56-62-80-68-72(70-86-88(77,78)84-66-60-74(6,7)8)82-64-58-54-50-46-42-22-20-18-16-14-12-10-2/h71-72H,9-70H2,1-8H3/t71-,72-/m1/s1. The zero-order chi connectivity index (χ0) is 64.7. The van der Waals surface area contributed by atoms with E-state index in [-0.39, 0.29) is 26.4 Å². The highest BCUT2D eigenvalue weighted by atomic mass is 31.2. The molecule has 0 saturated carbocycles. The van der Waals surface area contributed by atoms with Gasteiger partial charge < -0.3 is 55.8 Å². The average molecular weight is 1300 g/mol. The van der Waals surface area contributed by atoms with Gasteiger partial charge in [-0.1, -0.05) is 309 Å². The highest BCUT2D eigenvalue weighted by Gasteiger charge is 2.20. The third kappa shape index (κ3) is 71.8. The molecule has 0 rings (SSSR count). The van der Waals surface area contributed by atoms with Gasteiger partial charge in [0.2, 0.25) is 0 Å². The van der Waals surface area contributed by atoms with Crippen molar-refractivity contribution in [2.45, 2.75) is 347 Å². The molecule has 0 fully saturated rings. The summed E-state index contributed by atoms with van der Waals surface area (Å²) in [6, 6.07) is 0. The number of likely N-dealkylation sites (N-methyl/N-ethyl adjacent to an activating group) is 2.